The third kappa shape index (κ3) is 2.32. The summed E-state index contributed by atoms with van der Waals surface area (Å²) in [5.41, 5.74) is 0. The molecule has 0 aromatic carbocycles. The number of nitrogens with one attached hydrogen (secondary N) is 3. The average Bonchev–Trinajstić information content (AvgIpc) is 2.71. The molecule has 2 saturated heterocycles. The molecule has 0 aromatic rings. The minimum absolute atomic E-state index is 0.00750. The summed E-state index contributed by atoms with van der Waals surface area (Å²) in [4.78, 5) is 10.7. The van der Waals surface area contributed by atoms with Crippen molar-refractivity contribution < 1.29 is 9.53 Å². The summed E-state index contributed by atoms with van der Waals surface area (Å²) in [6.07, 6.45) is 0.873. The first kappa shape index (κ1) is 8.77. The molecule has 0 aromatic heterocycles. The summed E-state index contributed by atoms with van der Waals surface area (Å²) in [5.74, 6) is 0. The van der Waals surface area contributed by atoms with Gasteiger partial charge in [-0.2, -0.15) is 0 Å². The smallest absolute Gasteiger partial charge is 0.407 e. The summed E-state index contributed by atoms with van der Waals surface area (Å²) >= 11 is 0. The van der Waals surface area contributed by atoms with E-state index in [2.05, 4.69) is 16.0 Å². The molecule has 0 saturated carbocycles. The van der Waals surface area contributed by atoms with Crippen LogP contribution in [0.1, 0.15) is 6.42 Å². The number of ether oxygens (including phenoxy) is 1. The first-order chi connectivity index (χ1) is 6.34. The fourth-order valence-corrected chi connectivity index (χ4v) is 1.67. The van der Waals surface area contributed by atoms with Gasteiger partial charge in [-0.25, -0.2) is 4.79 Å². The van der Waals surface area contributed by atoms with Crippen LogP contribution < -0.4 is 16.0 Å². The van der Waals surface area contributed by atoms with Gasteiger partial charge < -0.3 is 20.7 Å². The lowest BCUT2D eigenvalue weighted by Gasteiger charge is -2.13. The van der Waals surface area contributed by atoms with Gasteiger partial charge in [0.25, 0.3) is 0 Å². The molecule has 5 heteroatoms. The Morgan fingerprint density at radius 1 is 1.54 bits per heavy atom. The highest BCUT2D eigenvalue weighted by molar-refractivity contribution is 5.69. The van der Waals surface area contributed by atoms with Gasteiger partial charge in [0.2, 0.25) is 0 Å². The Morgan fingerprint density at radius 2 is 2.46 bits per heavy atom. The van der Waals surface area contributed by atoms with Crippen molar-refractivity contribution in [1.82, 2.24) is 16.0 Å². The van der Waals surface area contributed by atoms with Crippen LogP contribution in [0.2, 0.25) is 0 Å². The number of alkyl carbamates (subject to hydrolysis) is 1. The van der Waals surface area contributed by atoms with Crippen LogP contribution in [0.3, 0.4) is 0 Å². The Morgan fingerprint density at radius 3 is 3.08 bits per heavy atom. The quantitative estimate of drug-likeness (QED) is 0.530. The van der Waals surface area contributed by atoms with Crippen LogP contribution in [0, 0.1) is 0 Å². The summed E-state index contributed by atoms with van der Waals surface area (Å²) in [6.45, 7) is 3.49. The molecule has 2 atom stereocenters. The molecule has 0 spiro atoms. The van der Waals surface area contributed by atoms with Gasteiger partial charge in [-0.3, -0.25) is 0 Å². The van der Waals surface area contributed by atoms with Crippen LogP contribution in [0.15, 0.2) is 0 Å². The second kappa shape index (κ2) is 3.93. The van der Waals surface area contributed by atoms with Crippen molar-refractivity contribution in [3.8, 4) is 0 Å². The maximum absolute atomic E-state index is 10.7. The normalized spacial score (nSPS) is 33.1. The molecular weight excluding hydrogens is 170 g/mol. The van der Waals surface area contributed by atoms with E-state index in [-0.39, 0.29) is 12.2 Å². The van der Waals surface area contributed by atoms with Crippen molar-refractivity contribution in [2.45, 2.75) is 18.6 Å². The van der Waals surface area contributed by atoms with Crippen molar-refractivity contribution in [2.24, 2.45) is 0 Å². The Labute approximate surface area is 77.2 Å². The van der Waals surface area contributed by atoms with E-state index in [1.54, 1.807) is 0 Å². The van der Waals surface area contributed by atoms with Gasteiger partial charge in [0, 0.05) is 19.1 Å². The molecule has 0 bridgehead atoms. The van der Waals surface area contributed by atoms with Crippen LogP contribution in [0.5, 0.6) is 0 Å². The van der Waals surface area contributed by atoms with Gasteiger partial charge in [0.05, 0.1) is 6.54 Å². The van der Waals surface area contributed by atoms with E-state index < -0.39 is 0 Å². The van der Waals surface area contributed by atoms with Gasteiger partial charge in [-0.05, 0) is 13.0 Å². The van der Waals surface area contributed by atoms with E-state index in [9.17, 15) is 4.79 Å². The molecule has 2 heterocycles. The molecule has 2 aliphatic heterocycles. The molecule has 2 aliphatic rings. The Hall–Kier alpha value is -0.810. The molecule has 5 nitrogen and oxygen atoms in total. The topological polar surface area (TPSA) is 62.4 Å². The van der Waals surface area contributed by atoms with Crippen molar-refractivity contribution in [3.63, 3.8) is 0 Å². The van der Waals surface area contributed by atoms with Crippen LogP contribution in [-0.4, -0.2) is 44.4 Å². The van der Waals surface area contributed by atoms with Crippen molar-refractivity contribution in [2.75, 3.05) is 26.2 Å². The lowest BCUT2D eigenvalue weighted by Crippen LogP contribution is -2.38. The lowest BCUT2D eigenvalue weighted by atomic mass is 10.2. The number of hydrogen-bond acceptors (Lipinski definition) is 4. The Kier molecular flexibility index (Phi) is 2.65. The molecule has 1 amide bonds. The van der Waals surface area contributed by atoms with Gasteiger partial charge in [-0.15, -0.1) is 0 Å². The zero-order valence-electron chi connectivity index (χ0n) is 7.51. The van der Waals surface area contributed by atoms with Crippen LogP contribution in [0.4, 0.5) is 4.79 Å². The first-order valence-electron chi connectivity index (χ1n) is 4.73. The van der Waals surface area contributed by atoms with Gasteiger partial charge in [-0.1, -0.05) is 0 Å². The summed E-state index contributed by atoms with van der Waals surface area (Å²) < 4.78 is 4.99. The molecule has 2 rings (SSSR count). The zero-order chi connectivity index (χ0) is 9.10. The Balaban J connectivity index is 1.64. The summed E-state index contributed by atoms with van der Waals surface area (Å²) in [5, 5.41) is 9.26. The second-order valence-electron chi connectivity index (χ2n) is 3.51. The van der Waals surface area contributed by atoms with Crippen molar-refractivity contribution in [3.05, 3.63) is 0 Å². The van der Waals surface area contributed by atoms with E-state index in [0.29, 0.717) is 12.6 Å². The van der Waals surface area contributed by atoms with E-state index in [0.717, 1.165) is 26.1 Å². The monoisotopic (exact) mass is 185 g/mol. The highest BCUT2D eigenvalue weighted by Crippen LogP contribution is 2.01. The number of cyclic esters (lactones) is 1. The predicted molar refractivity (Wildman–Crippen MR) is 47.5 cm³/mol. The number of rotatable bonds is 3. The lowest BCUT2D eigenvalue weighted by molar-refractivity contribution is 0.137. The van der Waals surface area contributed by atoms with Crippen LogP contribution in [-0.2, 0) is 4.74 Å². The van der Waals surface area contributed by atoms with Gasteiger partial charge in [0.1, 0.15) is 6.10 Å². The maximum atomic E-state index is 10.7. The molecule has 2 fully saturated rings. The molecule has 0 radical (unpaired) electrons. The van der Waals surface area contributed by atoms with Crippen molar-refractivity contribution >= 4 is 6.09 Å². The number of hydrogen-bond donors (Lipinski definition) is 3. The number of carbonyl (C=O) groups excluding carboxylic acids is 1. The van der Waals surface area contributed by atoms with E-state index in [1.807, 2.05) is 0 Å². The Bertz CT molecular complexity index is 192. The predicted octanol–water partition coefficient (Wildman–Crippen LogP) is -0.954. The first-order valence-corrected chi connectivity index (χ1v) is 4.73. The molecular formula is C8H15N3O2. The SMILES string of the molecule is O=C1NC[C@H](CNC2CCNC2)O1. The maximum Gasteiger partial charge on any atom is 0.407 e. The third-order valence-corrected chi connectivity index (χ3v) is 2.44. The molecule has 3 N–H and O–H groups in total. The summed E-state index contributed by atoms with van der Waals surface area (Å²) in [6, 6.07) is 0.541. The standard InChI is InChI=1S/C8H15N3O2/c12-8-11-5-7(13-8)4-10-6-1-2-9-3-6/h6-7,9-10H,1-5H2,(H,11,12)/t6?,7-/m0/s1. The number of amides is 1. The third-order valence-electron chi connectivity index (χ3n) is 2.44. The number of carbonyl (C=O) groups is 1. The fourth-order valence-electron chi connectivity index (χ4n) is 1.67. The van der Waals surface area contributed by atoms with Crippen LogP contribution >= 0.6 is 0 Å². The van der Waals surface area contributed by atoms with Gasteiger partial charge >= 0.3 is 6.09 Å². The molecule has 74 valence electrons. The zero-order valence-corrected chi connectivity index (χ0v) is 7.51. The fraction of sp³-hybridized carbons (Fsp3) is 0.875. The van der Waals surface area contributed by atoms with E-state index >= 15 is 0 Å². The average molecular weight is 185 g/mol. The second-order valence-corrected chi connectivity index (χ2v) is 3.51. The van der Waals surface area contributed by atoms with E-state index in [4.69, 9.17) is 4.74 Å². The highest BCUT2D eigenvalue weighted by Gasteiger charge is 2.23. The van der Waals surface area contributed by atoms with Crippen LogP contribution in [0.25, 0.3) is 0 Å². The van der Waals surface area contributed by atoms with Crippen molar-refractivity contribution in [1.29, 1.82) is 0 Å². The minimum Gasteiger partial charge on any atom is -0.443 e. The minimum atomic E-state index is -0.295. The summed E-state index contributed by atoms with van der Waals surface area (Å²) in [7, 11) is 0. The molecule has 13 heavy (non-hydrogen) atoms. The molecule has 0 aliphatic carbocycles. The van der Waals surface area contributed by atoms with E-state index in [1.165, 1.54) is 0 Å². The largest absolute Gasteiger partial charge is 0.443 e. The highest BCUT2D eigenvalue weighted by atomic mass is 16.6. The van der Waals surface area contributed by atoms with Gasteiger partial charge in [0.15, 0.2) is 0 Å². The molecule has 1 unspecified atom stereocenters.